The number of hydrogen-bond acceptors (Lipinski definition) is 6. The van der Waals surface area contributed by atoms with Crippen molar-refractivity contribution in [1.82, 2.24) is 10.4 Å². The molecule has 2 N–H and O–H groups in total. The minimum Gasteiger partial charge on any atom is -0.484 e. The maximum absolute atomic E-state index is 12.8. The molecular formula is C26H21N3O4S2. The summed E-state index contributed by atoms with van der Waals surface area (Å²) in [6.45, 7) is 1.84. The predicted molar refractivity (Wildman–Crippen MR) is 141 cm³/mol. The molecule has 4 rings (SSSR count). The van der Waals surface area contributed by atoms with Crippen molar-refractivity contribution in [1.29, 1.82) is 0 Å². The number of nitrogens with one attached hydrogen (secondary N) is 2. The fourth-order valence-corrected chi connectivity index (χ4v) is 4.29. The molecule has 1 aliphatic heterocycles. The predicted octanol–water partition coefficient (Wildman–Crippen LogP) is 4.56. The number of carbonyl (C=O) groups excluding carboxylic acids is 3. The molecule has 1 fully saturated rings. The number of nitrogens with zero attached hydrogens (tertiary/aromatic N) is 1. The highest BCUT2D eigenvalue weighted by Gasteiger charge is 2.33. The van der Waals surface area contributed by atoms with Crippen molar-refractivity contribution in [2.45, 2.75) is 6.92 Å². The van der Waals surface area contributed by atoms with Crippen LogP contribution in [0.1, 0.15) is 21.5 Å². The van der Waals surface area contributed by atoms with Gasteiger partial charge in [-0.15, -0.1) is 0 Å². The van der Waals surface area contributed by atoms with Gasteiger partial charge >= 0.3 is 0 Å². The van der Waals surface area contributed by atoms with Gasteiger partial charge in [-0.1, -0.05) is 59.8 Å². The molecule has 0 bridgehead atoms. The maximum atomic E-state index is 12.8. The number of rotatable bonds is 7. The zero-order chi connectivity index (χ0) is 24.8. The lowest BCUT2D eigenvalue weighted by Gasteiger charge is -2.15. The van der Waals surface area contributed by atoms with E-state index in [1.54, 1.807) is 60.7 Å². The van der Waals surface area contributed by atoms with Gasteiger partial charge in [0.15, 0.2) is 10.9 Å². The van der Waals surface area contributed by atoms with Crippen molar-refractivity contribution in [2.24, 2.45) is 0 Å². The van der Waals surface area contributed by atoms with Gasteiger partial charge in [-0.05, 0) is 67.2 Å². The SMILES string of the molecule is Cc1ccc(NC(=O)COc2ccc(/C=C3\SC(=S)N(NC(=O)c4ccccc4)C3=O)cc2)cc1. The molecule has 0 aliphatic carbocycles. The molecule has 7 nitrogen and oxygen atoms in total. The third-order valence-electron chi connectivity index (χ3n) is 4.93. The number of thiocarbonyl (C=S) groups is 1. The lowest BCUT2D eigenvalue weighted by molar-refractivity contribution is -0.123. The molecule has 9 heteroatoms. The first-order chi connectivity index (χ1) is 16.9. The zero-order valence-electron chi connectivity index (χ0n) is 18.7. The average molecular weight is 504 g/mol. The number of amides is 3. The molecule has 35 heavy (non-hydrogen) atoms. The standard InChI is InChI=1S/C26H21N3O4S2/c1-17-7-11-20(12-8-17)27-23(30)16-33-21-13-9-18(10-14-21)15-22-25(32)29(26(34)35-22)28-24(31)19-5-3-2-4-6-19/h2-15H,16H2,1H3,(H,27,30)(H,28,31)/b22-15-. The van der Waals surface area contributed by atoms with Crippen molar-refractivity contribution >= 4 is 57.8 Å². The molecule has 3 amide bonds. The Morgan fingerprint density at radius 1 is 1.00 bits per heavy atom. The minimum atomic E-state index is -0.420. The summed E-state index contributed by atoms with van der Waals surface area (Å²) < 4.78 is 5.79. The monoisotopic (exact) mass is 503 g/mol. The van der Waals surface area contributed by atoms with E-state index in [-0.39, 0.29) is 16.8 Å². The number of anilines is 1. The Morgan fingerprint density at radius 2 is 1.69 bits per heavy atom. The van der Waals surface area contributed by atoms with Gasteiger partial charge in [0, 0.05) is 11.3 Å². The van der Waals surface area contributed by atoms with Crippen LogP contribution in [0, 0.1) is 6.92 Å². The molecule has 0 spiro atoms. The van der Waals surface area contributed by atoms with Crippen molar-refractivity contribution < 1.29 is 19.1 Å². The lowest BCUT2D eigenvalue weighted by Crippen LogP contribution is -2.44. The van der Waals surface area contributed by atoms with Gasteiger partial charge in [-0.2, -0.15) is 5.01 Å². The smallest absolute Gasteiger partial charge is 0.285 e. The minimum absolute atomic E-state index is 0.132. The van der Waals surface area contributed by atoms with E-state index in [1.165, 1.54) is 0 Å². The third kappa shape index (κ3) is 6.34. The normalized spacial score (nSPS) is 14.2. The Morgan fingerprint density at radius 3 is 2.37 bits per heavy atom. The molecule has 1 heterocycles. The van der Waals surface area contributed by atoms with Gasteiger partial charge in [0.2, 0.25) is 0 Å². The van der Waals surface area contributed by atoms with E-state index in [1.807, 2.05) is 31.2 Å². The summed E-state index contributed by atoms with van der Waals surface area (Å²) in [5, 5.41) is 3.85. The molecule has 3 aromatic carbocycles. The topological polar surface area (TPSA) is 87.7 Å². The van der Waals surface area contributed by atoms with Crippen LogP contribution in [0.25, 0.3) is 6.08 Å². The molecule has 3 aromatic rings. The molecule has 0 aromatic heterocycles. The zero-order valence-corrected chi connectivity index (χ0v) is 20.3. The van der Waals surface area contributed by atoms with Crippen molar-refractivity contribution in [3.63, 3.8) is 0 Å². The Balaban J connectivity index is 1.33. The lowest BCUT2D eigenvalue weighted by atomic mass is 10.2. The fourth-order valence-electron chi connectivity index (χ4n) is 3.11. The largest absolute Gasteiger partial charge is 0.484 e. The van der Waals surface area contributed by atoms with E-state index in [0.717, 1.165) is 27.9 Å². The fraction of sp³-hybridized carbons (Fsp3) is 0.0769. The Bertz CT molecular complexity index is 1290. The van der Waals surface area contributed by atoms with Crippen LogP contribution in [-0.4, -0.2) is 33.7 Å². The summed E-state index contributed by atoms with van der Waals surface area (Å²) in [5.74, 6) is -0.573. The van der Waals surface area contributed by atoms with Crippen LogP contribution >= 0.6 is 24.0 Å². The van der Waals surface area contributed by atoms with Crippen molar-refractivity contribution in [2.75, 3.05) is 11.9 Å². The second kappa shape index (κ2) is 11.0. The summed E-state index contributed by atoms with van der Waals surface area (Å²) >= 11 is 6.37. The number of hydrogen-bond donors (Lipinski definition) is 2. The number of carbonyl (C=O) groups is 3. The number of aryl methyl sites for hydroxylation is 1. The Kier molecular flexibility index (Phi) is 7.59. The van der Waals surface area contributed by atoms with Gasteiger partial charge in [0.05, 0.1) is 4.91 Å². The van der Waals surface area contributed by atoms with E-state index in [9.17, 15) is 14.4 Å². The molecular weight excluding hydrogens is 482 g/mol. The first-order valence-electron chi connectivity index (χ1n) is 10.6. The molecule has 0 atom stereocenters. The second-order valence-corrected chi connectivity index (χ2v) is 9.27. The Labute approximate surface area is 212 Å². The molecule has 1 saturated heterocycles. The van der Waals surface area contributed by atoms with Crippen LogP contribution in [0.4, 0.5) is 5.69 Å². The summed E-state index contributed by atoms with van der Waals surface area (Å²) in [4.78, 5) is 37.6. The highest BCUT2D eigenvalue weighted by atomic mass is 32.2. The highest BCUT2D eigenvalue weighted by molar-refractivity contribution is 8.26. The molecule has 0 unspecified atom stereocenters. The number of ether oxygens (including phenoxy) is 1. The molecule has 176 valence electrons. The molecule has 1 aliphatic rings. The van der Waals surface area contributed by atoms with Crippen molar-refractivity contribution in [3.05, 3.63) is 100 Å². The average Bonchev–Trinajstić information content (AvgIpc) is 3.12. The van der Waals surface area contributed by atoms with E-state index >= 15 is 0 Å². The van der Waals surface area contributed by atoms with E-state index in [0.29, 0.717) is 21.9 Å². The maximum Gasteiger partial charge on any atom is 0.285 e. The summed E-state index contributed by atoms with van der Waals surface area (Å²) in [6.07, 6.45) is 1.68. The molecule has 0 saturated carbocycles. The second-order valence-electron chi connectivity index (χ2n) is 7.60. The Hall–Kier alpha value is -3.95. The van der Waals surface area contributed by atoms with E-state index < -0.39 is 11.8 Å². The first-order valence-corrected chi connectivity index (χ1v) is 11.8. The van der Waals surface area contributed by atoms with Gasteiger partial charge in [0.1, 0.15) is 5.75 Å². The van der Waals surface area contributed by atoms with Gasteiger partial charge in [-0.25, -0.2) is 0 Å². The van der Waals surface area contributed by atoms with Crippen LogP contribution in [0.5, 0.6) is 5.75 Å². The highest BCUT2D eigenvalue weighted by Crippen LogP contribution is 2.31. The van der Waals surface area contributed by atoms with E-state index in [2.05, 4.69) is 10.7 Å². The van der Waals surface area contributed by atoms with Crippen LogP contribution in [-0.2, 0) is 9.59 Å². The summed E-state index contributed by atoms with van der Waals surface area (Å²) in [6, 6.07) is 23.0. The number of hydrazine groups is 1. The van der Waals surface area contributed by atoms with Gasteiger partial charge in [-0.3, -0.25) is 19.8 Å². The van der Waals surface area contributed by atoms with Gasteiger partial charge in [0.25, 0.3) is 17.7 Å². The van der Waals surface area contributed by atoms with Crippen LogP contribution in [0.15, 0.2) is 83.8 Å². The van der Waals surface area contributed by atoms with Crippen LogP contribution in [0.2, 0.25) is 0 Å². The summed E-state index contributed by atoms with van der Waals surface area (Å²) in [7, 11) is 0. The number of thioether (sulfide) groups is 1. The van der Waals surface area contributed by atoms with E-state index in [4.69, 9.17) is 17.0 Å². The van der Waals surface area contributed by atoms with Crippen LogP contribution in [0.3, 0.4) is 0 Å². The quantitative estimate of drug-likeness (QED) is 0.363. The molecule has 0 radical (unpaired) electrons. The van der Waals surface area contributed by atoms with Gasteiger partial charge < -0.3 is 10.1 Å². The first kappa shape index (κ1) is 24.2. The third-order valence-corrected chi connectivity index (χ3v) is 6.23. The van der Waals surface area contributed by atoms with Crippen LogP contribution < -0.4 is 15.5 Å². The van der Waals surface area contributed by atoms with Crippen molar-refractivity contribution in [3.8, 4) is 5.75 Å². The number of benzene rings is 3. The summed E-state index contributed by atoms with van der Waals surface area (Å²) in [5.41, 5.74) is 5.54.